The standard InChI is InChI=1S/C26H44N4O2/c1-22(28-26(31)24-11-7-4-8-12-24)13-14-27-21-25(23-9-5-3-6-10-23)30-17-15-29(16-18-30)19-20-32-2/h3,5-6,9-10,22,24-25,27H,4,7-8,11-21H2,1-2H3,(H,28,31). The van der Waals surface area contributed by atoms with E-state index in [1.807, 2.05) is 0 Å². The molecule has 0 bridgehead atoms. The largest absolute Gasteiger partial charge is 0.383 e. The van der Waals surface area contributed by atoms with Gasteiger partial charge in [-0.1, -0.05) is 49.6 Å². The van der Waals surface area contributed by atoms with Crippen molar-refractivity contribution < 1.29 is 9.53 Å². The molecule has 1 saturated carbocycles. The van der Waals surface area contributed by atoms with Crippen LogP contribution in [-0.4, -0.2) is 81.3 Å². The minimum Gasteiger partial charge on any atom is -0.383 e. The molecular formula is C26H44N4O2. The van der Waals surface area contributed by atoms with Gasteiger partial charge in [-0.3, -0.25) is 14.6 Å². The summed E-state index contributed by atoms with van der Waals surface area (Å²) in [6, 6.07) is 11.5. The van der Waals surface area contributed by atoms with Gasteiger partial charge in [0.25, 0.3) is 0 Å². The van der Waals surface area contributed by atoms with Crippen molar-refractivity contribution in [3.05, 3.63) is 35.9 Å². The number of methoxy groups -OCH3 is 1. The van der Waals surface area contributed by atoms with Crippen LogP contribution in [0.4, 0.5) is 0 Å². The lowest BCUT2D eigenvalue weighted by atomic mass is 9.88. The van der Waals surface area contributed by atoms with E-state index in [1.165, 1.54) is 24.8 Å². The molecule has 6 nitrogen and oxygen atoms in total. The third-order valence-corrected chi connectivity index (χ3v) is 7.10. The second kappa shape index (κ2) is 13.9. The van der Waals surface area contributed by atoms with Crippen molar-refractivity contribution in [3.63, 3.8) is 0 Å². The van der Waals surface area contributed by atoms with Crippen molar-refractivity contribution in [1.82, 2.24) is 20.4 Å². The Kier molecular flexibility index (Phi) is 11.0. The van der Waals surface area contributed by atoms with Crippen LogP contribution in [0.2, 0.25) is 0 Å². The monoisotopic (exact) mass is 444 g/mol. The maximum absolute atomic E-state index is 12.5. The summed E-state index contributed by atoms with van der Waals surface area (Å²) < 4.78 is 5.24. The van der Waals surface area contributed by atoms with Gasteiger partial charge in [0.1, 0.15) is 0 Å². The third-order valence-electron chi connectivity index (χ3n) is 7.10. The minimum atomic E-state index is 0.219. The van der Waals surface area contributed by atoms with E-state index < -0.39 is 0 Å². The molecule has 3 rings (SSSR count). The Morgan fingerprint density at radius 1 is 1.09 bits per heavy atom. The van der Waals surface area contributed by atoms with E-state index in [4.69, 9.17) is 4.74 Å². The maximum Gasteiger partial charge on any atom is 0.223 e. The van der Waals surface area contributed by atoms with Crippen LogP contribution in [0.1, 0.15) is 57.1 Å². The van der Waals surface area contributed by atoms with E-state index in [0.29, 0.717) is 6.04 Å². The van der Waals surface area contributed by atoms with Crippen molar-refractivity contribution in [2.45, 2.75) is 57.5 Å². The zero-order valence-electron chi connectivity index (χ0n) is 20.2. The molecule has 2 N–H and O–H groups in total. The van der Waals surface area contributed by atoms with E-state index in [-0.39, 0.29) is 17.9 Å². The number of nitrogens with one attached hydrogen (secondary N) is 2. The van der Waals surface area contributed by atoms with E-state index in [1.54, 1.807) is 7.11 Å². The topological polar surface area (TPSA) is 56.8 Å². The Balaban J connectivity index is 1.42. The molecule has 2 atom stereocenters. The molecule has 0 spiro atoms. The molecule has 1 aliphatic heterocycles. The van der Waals surface area contributed by atoms with Crippen molar-refractivity contribution in [1.29, 1.82) is 0 Å². The maximum atomic E-state index is 12.5. The van der Waals surface area contributed by atoms with Gasteiger partial charge in [-0.15, -0.1) is 0 Å². The van der Waals surface area contributed by atoms with Crippen LogP contribution in [0.5, 0.6) is 0 Å². The Morgan fingerprint density at radius 2 is 1.81 bits per heavy atom. The van der Waals surface area contributed by atoms with Gasteiger partial charge in [0.05, 0.1) is 6.61 Å². The average molecular weight is 445 g/mol. The molecule has 1 amide bonds. The van der Waals surface area contributed by atoms with Crippen molar-refractivity contribution in [3.8, 4) is 0 Å². The minimum absolute atomic E-state index is 0.219. The summed E-state index contributed by atoms with van der Waals surface area (Å²) in [6.07, 6.45) is 6.78. The number of carbonyl (C=O) groups is 1. The number of piperazine rings is 1. The van der Waals surface area contributed by atoms with Crippen molar-refractivity contribution >= 4 is 5.91 Å². The van der Waals surface area contributed by atoms with Gasteiger partial charge in [-0.2, -0.15) is 0 Å². The molecule has 1 saturated heterocycles. The van der Waals surface area contributed by atoms with Crippen molar-refractivity contribution in [2.24, 2.45) is 5.92 Å². The summed E-state index contributed by atoms with van der Waals surface area (Å²) in [5.41, 5.74) is 1.38. The molecule has 1 aromatic rings. The first-order chi connectivity index (χ1) is 15.7. The molecule has 180 valence electrons. The molecule has 0 radical (unpaired) electrons. The first kappa shape index (κ1) is 25.2. The number of amides is 1. The smallest absolute Gasteiger partial charge is 0.223 e. The van der Waals surface area contributed by atoms with Crippen LogP contribution < -0.4 is 10.6 Å². The molecule has 6 heteroatoms. The highest BCUT2D eigenvalue weighted by molar-refractivity contribution is 5.78. The predicted molar refractivity (Wildman–Crippen MR) is 131 cm³/mol. The highest BCUT2D eigenvalue weighted by atomic mass is 16.5. The molecule has 1 heterocycles. The molecular weight excluding hydrogens is 400 g/mol. The summed E-state index contributed by atoms with van der Waals surface area (Å²) in [5.74, 6) is 0.509. The van der Waals surface area contributed by atoms with Crippen LogP contribution >= 0.6 is 0 Å². The second-order valence-electron chi connectivity index (χ2n) is 9.53. The second-order valence-corrected chi connectivity index (χ2v) is 9.53. The number of ether oxygens (including phenoxy) is 1. The molecule has 32 heavy (non-hydrogen) atoms. The first-order valence-electron chi connectivity index (χ1n) is 12.7. The fraction of sp³-hybridized carbons (Fsp3) is 0.731. The molecule has 2 fully saturated rings. The average Bonchev–Trinajstić information content (AvgIpc) is 2.84. The van der Waals surface area contributed by atoms with E-state index >= 15 is 0 Å². The van der Waals surface area contributed by atoms with Crippen LogP contribution in [0, 0.1) is 5.92 Å². The molecule has 1 aromatic carbocycles. The summed E-state index contributed by atoms with van der Waals surface area (Å²) in [4.78, 5) is 17.6. The van der Waals surface area contributed by atoms with E-state index in [9.17, 15) is 4.79 Å². The Labute approximate surface area is 195 Å². The van der Waals surface area contributed by atoms with Gasteiger partial charge in [0, 0.05) is 64.4 Å². The van der Waals surface area contributed by atoms with Crippen LogP contribution in [0.3, 0.4) is 0 Å². The number of benzene rings is 1. The van der Waals surface area contributed by atoms with Gasteiger partial charge in [-0.25, -0.2) is 0 Å². The van der Waals surface area contributed by atoms with E-state index in [0.717, 1.165) is 71.7 Å². The summed E-state index contributed by atoms with van der Waals surface area (Å²) >= 11 is 0. The first-order valence-corrected chi connectivity index (χ1v) is 12.7. The molecule has 0 aromatic heterocycles. The van der Waals surface area contributed by atoms with Crippen LogP contribution in [-0.2, 0) is 9.53 Å². The lowest BCUT2D eigenvalue weighted by Crippen LogP contribution is -2.50. The van der Waals surface area contributed by atoms with Gasteiger partial charge in [0.2, 0.25) is 5.91 Å². The predicted octanol–water partition coefficient (Wildman–Crippen LogP) is 3.06. The number of rotatable bonds is 12. The van der Waals surface area contributed by atoms with Gasteiger partial charge >= 0.3 is 0 Å². The Bertz CT molecular complexity index is 642. The number of hydrogen-bond acceptors (Lipinski definition) is 5. The molecule has 2 aliphatic rings. The number of carbonyl (C=O) groups excluding carboxylic acids is 1. The third kappa shape index (κ3) is 8.14. The van der Waals surface area contributed by atoms with Gasteiger partial charge < -0.3 is 15.4 Å². The van der Waals surface area contributed by atoms with Gasteiger partial charge in [-0.05, 0) is 38.3 Å². The molecule has 2 unspecified atom stereocenters. The van der Waals surface area contributed by atoms with Gasteiger partial charge in [0.15, 0.2) is 0 Å². The summed E-state index contributed by atoms with van der Waals surface area (Å²) in [5, 5.41) is 6.93. The lowest BCUT2D eigenvalue weighted by molar-refractivity contribution is -0.126. The fourth-order valence-corrected chi connectivity index (χ4v) is 5.01. The van der Waals surface area contributed by atoms with Crippen LogP contribution in [0.25, 0.3) is 0 Å². The SMILES string of the molecule is COCCN1CCN(C(CNCCC(C)NC(=O)C2CCCCC2)c2ccccc2)CC1. The Hall–Kier alpha value is -1.47. The Morgan fingerprint density at radius 3 is 2.50 bits per heavy atom. The van der Waals surface area contributed by atoms with Crippen molar-refractivity contribution in [2.75, 3.05) is 59.5 Å². The number of nitrogens with zero attached hydrogens (tertiary/aromatic N) is 2. The lowest BCUT2D eigenvalue weighted by Gasteiger charge is -2.39. The zero-order chi connectivity index (χ0) is 22.6. The summed E-state index contributed by atoms with van der Waals surface area (Å²) in [6.45, 7) is 10.2. The number of hydrogen-bond donors (Lipinski definition) is 2. The highest BCUT2D eigenvalue weighted by Gasteiger charge is 2.25. The van der Waals surface area contributed by atoms with E-state index in [2.05, 4.69) is 57.7 Å². The zero-order valence-corrected chi connectivity index (χ0v) is 20.2. The van der Waals surface area contributed by atoms with Crippen LogP contribution in [0.15, 0.2) is 30.3 Å². The highest BCUT2D eigenvalue weighted by Crippen LogP contribution is 2.24. The normalized spacial score (nSPS) is 20.7. The summed E-state index contributed by atoms with van der Waals surface area (Å²) in [7, 11) is 1.77. The quantitative estimate of drug-likeness (QED) is 0.485. The molecule has 1 aliphatic carbocycles. The fourth-order valence-electron chi connectivity index (χ4n) is 5.01.